The lowest BCUT2D eigenvalue weighted by atomic mass is 9.96. The number of thioether (sulfide) groups is 1. The zero-order chi connectivity index (χ0) is 11.0. The second kappa shape index (κ2) is 4.54. The van der Waals surface area contributed by atoms with Gasteiger partial charge in [-0.05, 0) is 6.26 Å². The molecule has 2 heterocycles. The van der Waals surface area contributed by atoms with Crippen molar-refractivity contribution in [3.63, 3.8) is 0 Å². The van der Waals surface area contributed by atoms with E-state index in [1.807, 2.05) is 0 Å². The Balaban J connectivity index is 2.11. The minimum Gasteiger partial charge on any atom is -0.395 e. The first kappa shape index (κ1) is 11.6. The Labute approximate surface area is 91.5 Å². The molecule has 2 fully saturated rings. The Bertz CT molecular complexity index is 231. The van der Waals surface area contributed by atoms with E-state index in [0.717, 1.165) is 0 Å². The number of nitrogens with one attached hydrogen (secondary N) is 1. The minimum atomic E-state index is -0.995. The summed E-state index contributed by atoms with van der Waals surface area (Å²) in [7, 11) is 0. The van der Waals surface area contributed by atoms with Gasteiger partial charge in [0.15, 0.2) is 0 Å². The first-order valence-electron chi connectivity index (χ1n) is 4.75. The molecule has 7 heteroatoms. The molecule has 5 unspecified atom stereocenters. The van der Waals surface area contributed by atoms with Gasteiger partial charge in [0.05, 0.1) is 12.6 Å². The molecule has 0 amide bonds. The molecule has 0 aromatic carbocycles. The van der Waals surface area contributed by atoms with Gasteiger partial charge in [-0.1, -0.05) is 0 Å². The lowest BCUT2D eigenvalue weighted by Crippen LogP contribution is -2.57. The van der Waals surface area contributed by atoms with Crippen LogP contribution in [0.15, 0.2) is 0 Å². The van der Waals surface area contributed by atoms with Gasteiger partial charge >= 0.3 is 0 Å². The van der Waals surface area contributed by atoms with Gasteiger partial charge in [-0.3, -0.25) is 4.84 Å². The van der Waals surface area contributed by atoms with Crippen molar-refractivity contribution >= 4 is 11.8 Å². The maximum Gasteiger partial charge on any atom is 0.135 e. The van der Waals surface area contributed by atoms with Crippen LogP contribution < -0.4 is 5.48 Å². The Morgan fingerprint density at radius 2 is 2.00 bits per heavy atom. The molecule has 0 bridgehead atoms. The van der Waals surface area contributed by atoms with Crippen LogP contribution in [0.2, 0.25) is 0 Å². The monoisotopic (exact) mass is 237 g/mol. The smallest absolute Gasteiger partial charge is 0.135 e. The SMILES string of the molecule is CSC1OC2C(ON[C@@H]2CO)C(O)C1O. The number of ether oxygens (including phenoxy) is 1. The van der Waals surface area contributed by atoms with Gasteiger partial charge in [0, 0.05) is 0 Å². The highest BCUT2D eigenvalue weighted by molar-refractivity contribution is 7.99. The van der Waals surface area contributed by atoms with Crippen molar-refractivity contribution in [1.29, 1.82) is 0 Å². The third-order valence-electron chi connectivity index (χ3n) is 2.76. The highest BCUT2D eigenvalue weighted by atomic mass is 32.2. The maximum atomic E-state index is 9.77. The van der Waals surface area contributed by atoms with E-state index in [1.54, 1.807) is 6.26 Å². The van der Waals surface area contributed by atoms with Crippen molar-refractivity contribution in [2.24, 2.45) is 0 Å². The first-order valence-corrected chi connectivity index (χ1v) is 6.04. The highest BCUT2D eigenvalue weighted by Crippen LogP contribution is 2.32. The van der Waals surface area contributed by atoms with Crippen molar-refractivity contribution in [2.75, 3.05) is 12.9 Å². The van der Waals surface area contributed by atoms with E-state index in [9.17, 15) is 10.2 Å². The summed E-state index contributed by atoms with van der Waals surface area (Å²) in [5.41, 5.74) is 2.10. The second-order valence-electron chi connectivity index (χ2n) is 3.68. The summed E-state index contributed by atoms with van der Waals surface area (Å²) >= 11 is 1.32. The predicted octanol–water partition coefficient (Wildman–Crippen LogP) is -1.94. The maximum absolute atomic E-state index is 9.77. The summed E-state index contributed by atoms with van der Waals surface area (Å²) in [4.78, 5) is 5.08. The van der Waals surface area contributed by atoms with E-state index < -0.39 is 29.9 Å². The lowest BCUT2D eigenvalue weighted by Gasteiger charge is -2.38. The molecule has 0 aromatic rings. The van der Waals surface area contributed by atoms with Crippen LogP contribution in [0.25, 0.3) is 0 Å². The molecule has 2 aliphatic heterocycles. The van der Waals surface area contributed by atoms with Crippen LogP contribution in [0.3, 0.4) is 0 Å². The Hall–Kier alpha value is 0.110. The molecule has 2 aliphatic rings. The lowest BCUT2D eigenvalue weighted by molar-refractivity contribution is -0.190. The third-order valence-corrected chi connectivity index (χ3v) is 3.62. The standard InChI is InChI=1S/C8H15NO5S/c1-15-8-5(12)4(11)7-6(13-8)3(2-10)9-14-7/h3-12H,2H2,1H3/t3-,4?,5?,6?,7?,8?/m1/s1. The average molecular weight is 237 g/mol. The molecule has 0 spiro atoms. The van der Waals surface area contributed by atoms with E-state index in [2.05, 4.69) is 5.48 Å². The van der Waals surface area contributed by atoms with Crippen molar-refractivity contribution < 1.29 is 24.9 Å². The molecule has 0 saturated carbocycles. The quantitative estimate of drug-likeness (QED) is 0.444. The van der Waals surface area contributed by atoms with E-state index in [1.165, 1.54) is 11.8 Å². The number of hydroxylamine groups is 1. The second-order valence-corrected chi connectivity index (χ2v) is 4.61. The molecule has 2 saturated heterocycles. The van der Waals surface area contributed by atoms with Gasteiger partial charge in [-0.25, -0.2) is 0 Å². The zero-order valence-corrected chi connectivity index (χ0v) is 9.05. The Morgan fingerprint density at radius 1 is 1.27 bits per heavy atom. The fourth-order valence-electron chi connectivity index (χ4n) is 1.89. The zero-order valence-electron chi connectivity index (χ0n) is 8.24. The van der Waals surface area contributed by atoms with Crippen LogP contribution in [-0.2, 0) is 9.57 Å². The fraction of sp³-hybridized carbons (Fsp3) is 1.00. The Morgan fingerprint density at radius 3 is 2.60 bits per heavy atom. The molecule has 2 rings (SSSR count). The summed E-state index contributed by atoms with van der Waals surface area (Å²) in [5, 5.41) is 28.5. The largest absolute Gasteiger partial charge is 0.395 e. The molecule has 0 aromatic heterocycles. The molecule has 4 N–H and O–H groups in total. The molecule has 6 nitrogen and oxygen atoms in total. The van der Waals surface area contributed by atoms with Gasteiger partial charge in [-0.2, -0.15) is 5.48 Å². The van der Waals surface area contributed by atoms with E-state index in [0.29, 0.717) is 0 Å². The molecule has 15 heavy (non-hydrogen) atoms. The summed E-state index contributed by atoms with van der Waals surface area (Å²) in [6.07, 6.45) is -1.23. The van der Waals surface area contributed by atoms with Gasteiger partial charge in [0.25, 0.3) is 0 Å². The third kappa shape index (κ3) is 1.89. The van der Waals surface area contributed by atoms with Crippen molar-refractivity contribution in [3.8, 4) is 0 Å². The Kier molecular flexibility index (Phi) is 3.51. The number of rotatable bonds is 2. The topological polar surface area (TPSA) is 91.2 Å². The predicted molar refractivity (Wildman–Crippen MR) is 53.1 cm³/mol. The van der Waals surface area contributed by atoms with Crippen molar-refractivity contribution in [2.45, 2.75) is 35.9 Å². The van der Waals surface area contributed by atoms with Gasteiger partial charge in [0.2, 0.25) is 0 Å². The molecule has 88 valence electrons. The molecule has 0 aliphatic carbocycles. The van der Waals surface area contributed by atoms with E-state index >= 15 is 0 Å². The minimum absolute atomic E-state index is 0.134. The van der Waals surface area contributed by atoms with Crippen LogP contribution in [0.4, 0.5) is 0 Å². The van der Waals surface area contributed by atoms with Crippen LogP contribution in [0.5, 0.6) is 0 Å². The van der Waals surface area contributed by atoms with Crippen LogP contribution in [0, 0.1) is 0 Å². The highest BCUT2D eigenvalue weighted by Gasteiger charge is 2.51. The normalized spacial score (nSPS) is 50.4. The molecular formula is C8H15NO5S. The number of aliphatic hydroxyl groups is 3. The van der Waals surface area contributed by atoms with Crippen LogP contribution in [-0.4, -0.2) is 64.1 Å². The fourth-order valence-corrected chi connectivity index (χ4v) is 2.57. The number of hydrogen-bond donors (Lipinski definition) is 4. The van der Waals surface area contributed by atoms with Crippen molar-refractivity contribution in [3.05, 3.63) is 0 Å². The van der Waals surface area contributed by atoms with E-state index in [-0.39, 0.29) is 12.6 Å². The number of aliphatic hydroxyl groups excluding tert-OH is 3. The van der Waals surface area contributed by atoms with Gasteiger partial charge in [0.1, 0.15) is 29.9 Å². The van der Waals surface area contributed by atoms with Gasteiger partial charge < -0.3 is 20.1 Å². The molecular weight excluding hydrogens is 222 g/mol. The molecule has 0 radical (unpaired) electrons. The average Bonchev–Trinajstić information content (AvgIpc) is 2.66. The molecule has 6 atom stereocenters. The number of fused-ring (bicyclic) bond motifs is 1. The van der Waals surface area contributed by atoms with Crippen molar-refractivity contribution in [1.82, 2.24) is 5.48 Å². The number of hydrogen-bond acceptors (Lipinski definition) is 7. The summed E-state index contributed by atoms with van der Waals surface area (Å²) in [6, 6.07) is -0.355. The van der Waals surface area contributed by atoms with Gasteiger partial charge in [-0.15, -0.1) is 11.8 Å². The first-order chi connectivity index (χ1) is 7.19. The van der Waals surface area contributed by atoms with E-state index in [4.69, 9.17) is 14.7 Å². The van der Waals surface area contributed by atoms with Crippen LogP contribution in [0.1, 0.15) is 0 Å². The van der Waals surface area contributed by atoms with Crippen LogP contribution >= 0.6 is 11.8 Å². The summed E-state index contributed by atoms with van der Waals surface area (Å²) in [6.45, 7) is -0.134. The summed E-state index contributed by atoms with van der Waals surface area (Å²) in [5.74, 6) is 0. The summed E-state index contributed by atoms with van der Waals surface area (Å²) < 4.78 is 5.55.